The second-order valence-electron chi connectivity index (χ2n) is 9.35. The average Bonchev–Trinajstić information content (AvgIpc) is 3.38. The molecule has 5 rings (SSSR count). The summed E-state index contributed by atoms with van der Waals surface area (Å²) in [6.45, 7) is 5.82. The molecule has 2 aliphatic rings. The number of carbonyl (C=O) groups excluding carboxylic acids is 1. The molecule has 2 fully saturated rings. The van der Waals surface area contributed by atoms with Gasteiger partial charge < -0.3 is 24.7 Å². The lowest BCUT2D eigenvalue weighted by molar-refractivity contribution is 0.0521. The van der Waals surface area contributed by atoms with Crippen molar-refractivity contribution in [2.45, 2.75) is 64.3 Å². The summed E-state index contributed by atoms with van der Waals surface area (Å²) < 4.78 is 7.66. The van der Waals surface area contributed by atoms with Crippen LogP contribution in [-0.2, 0) is 11.3 Å². The Balaban J connectivity index is 1.54. The molecule has 2 aliphatic carbocycles. The number of ether oxygens (including phenoxy) is 1. The van der Waals surface area contributed by atoms with Crippen LogP contribution in [0.25, 0.3) is 22.1 Å². The fraction of sp³-hybridized carbons (Fsp3) is 0.571. The third-order valence-corrected chi connectivity index (χ3v) is 6.21. The number of amides is 1. The van der Waals surface area contributed by atoms with Crippen LogP contribution in [0.1, 0.15) is 51.9 Å². The van der Waals surface area contributed by atoms with Gasteiger partial charge in [-0.15, -0.1) is 0 Å². The number of imidazole rings is 1. The van der Waals surface area contributed by atoms with E-state index in [-0.39, 0.29) is 18.7 Å². The quantitative estimate of drug-likeness (QED) is 0.629. The molecular formula is C21H27N5O3. The SMILES string of the molecule is CC(C)(C)OC(=O)NCc1nc2cnc3[nH]ccc3c2n1[C@@H]1C[C@@H]2C[C@H]1C[C@H]2O. The summed E-state index contributed by atoms with van der Waals surface area (Å²) in [5.41, 5.74) is 2.14. The van der Waals surface area contributed by atoms with Gasteiger partial charge in [-0.25, -0.2) is 14.8 Å². The molecule has 4 atom stereocenters. The zero-order valence-corrected chi connectivity index (χ0v) is 17.0. The van der Waals surface area contributed by atoms with E-state index in [1.165, 1.54) is 0 Å². The number of pyridine rings is 1. The van der Waals surface area contributed by atoms with Gasteiger partial charge >= 0.3 is 6.09 Å². The summed E-state index contributed by atoms with van der Waals surface area (Å²) in [4.78, 5) is 24.7. The Kier molecular flexibility index (Phi) is 4.10. The van der Waals surface area contributed by atoms with Crippen LogP contribution >= 0.6 is 0 Å². The molecule has 3 heterocycles. The van der Waals surface area contributed by atoms with Gasteiger partial charge in [0.05, 0.1) is 24.4 Å². The van der Waals surface area contributed by atoms with Gasteiger partial charge in [-0.1, -0.05) is 0 Å². The maximum absolute atomic E-state index is 12.2. The Morgan fingerprint density at radius 3 is 2.86 bits per heavy atom. The summed E-state index contributed by atoms with van der Waals surface area (Å²) in [7, 11) is 0. The Labute approximate surface area is 168 Å². The van der Waals surface area contributed by atoms with Gasteiger partial charge in [0, 0.05) is 17.6 Å². The summed E-state index contributed by atoms with van der Waals surface area (Å²) in [5, 5.41) is 14.1. The molecule has 0 spiro atoms. The number of carbonyl (C=O) groups is 1. The van der Waals surface area contributed by atoms with Crippen LogP contribution in [0.3, 0.4) is 0 Å². The number of hydrogen-bond donors (Lipinski definition) is 3. The molecular weight excluding hydrogens is 370 g/mol. The number of aromatic nitrogens is 4. The number of aliphatic hydroxyl groups is 1. The summed E-state index contributed by atoms with van der Waals surface area (Å²) >= 11 is 0. The van der Waals surface area contributed by atoms with Crippen LogP contribution in [0.4, 0.5) is 4.79 Å². The molecule has 3 N–H and O–H groups in total. The molecule has 8 nitrogen and oxygen atoms in total. The first-order valence-electron chi connectivity index (χ1n) is 10.3. The van der Waals surface area contributed by atoms with Crippen LogP contribution in [0.15, 0.2) is 18.5 Å². The summed E-state index contributed by atoms with van der Waals surface area (Å²) in [5.74, 6) is 1.57. The van der Waals surface area contributed by atoms with Crippen LogP contribution < -0.4 is 5.32 Å². The molecule has 2 bridgehead atoms. The fourth-order valence-corrected chi connectivity index (χ4v) is 5.12. The molecule has 0 saturated heterocycles. The van der Waals surface area contributed by atoms with Crippen molar-refractivity contribution in [2.75, 3.05) is 0 Å². The molecule has 8 heteroatoms. The number of hydrogen-bond acceptors (Lipinski definition) is 5. The lowest BCUT2D eigenvalue weighted by Gasteiger charge is -2.28. The van der Waals surface area contributed by atoms with Crippen LogP contribution in [-0.4, -0.2) is 42.4 Å². The highest BCUT2D eigenvalue weighted by molar-refractivity contribution is 6.01. The first-order valence-corrected chi connectivity index (χ1v) is 10.3. The number of aliphatic hydroxyl groups excluding tert-OH is 1. The summed E-state index contributed by atoms with van der Waals surface area (Å²) in [6.07, 6.45) is 5.83. The minimum absolute atomic E-state index is 0.191. The smallest absolute Gasteiger partial charge is 0.408 e. The summed E-state index contributed by atoms with van der Waals surface area (Å²) in [6, 6.07) is 2.29. The second kappa shape index (κ2) is 6.45. The van der Waals surface area contributed by atoms with E-state index in [1.807, 2.05) is 33.0 Å². The van der Waals surface area contributed by atoms with Gasteiger partial charge in [-0.05, 0) is 57.9 Å². The van der Waals surface area contributed by atoms with Crippen LogP contribution in [0, 0.1) is 11.8 Å². The first kappa shape index (κ1) is 18.4. The number of aromatic amines is 1. The fourth-order valence-electron chi connectivity index (χ4n) is 5.12. The third-order valence-electron chi connectivity index (χ3n) is 6.21. The van der Waals surface area contributed by atoms with Gasteiger partial charge in [-0.2, -0.15) is 0 Å². The maximum atomic E-state index is 12.2. The van der Waals surface area contributed by atoms with Crippen molar-refractivity contribution >= 4 is 28.2 Å². The number of nitrogens with zero attached hydrogens (tertiary/aromatic N) is 3. The maximum Gasteiger partial charge on any atom is 0.408 e. The largest absolute Gasteiger partial charge is 0.444 e. The van der Waals surface area contributed by atoms with E-state index in [2.05, 4.69) is 19.9 Å². The second-order valence-corrected chi connectivity index (χ2v) is 9.35. The molecule has 0 aromatic carbocycles. The van der Waals surface area contributed by atoms with Crippen molar-refractivity contribution in [3.63, 3.8) is 0 Å². The van der Waals surface area contributed by atoms with E-state index in [9.17, 15) is 9.90 Å². The number of rotatable bonds is 3. The number of nitrogens with one attached hydrogen (secondary N) is 2. The normalized spacial score (nSPS) is 26.5. The van der Waals surface area contributed by atoms with Crippen molar-refractivity contribution in [1.29, 1.82) is 0 Å². The Bertz CT molecular complexity index is 1080. The van der Waals surface area contributed by atoms with Crippen molar-refractivity contribution in [2.24, 2.45) is 11.8 Å². The van der Waals surface area contributed by atoms with Crippen LogP contribution in [0.5, 0.6) is 0 Å². The van der Waals surface area contributed by atoms with Crippen molar-refractivity contribution in [3.05, 3.63) is 24.3 Å². The van der Waals surface area contributed by atoms with Gasteiger partial charge in [-0.3, -0.25) is 0 Å². The van der Waals surface area contributed by atoms with Crippen LogP contribution in [0.2, 0.25) is 0 Å². The standard InChI is InChI=1S/C21H27N5O3/c1-21(2,3)29-20(28)24-10-17-25-14-9-23-19-13(4-5-22-19)18(14)26(17)15-7-12-6-11(15)8-16(12)27/h4-5,9,11-12,15-16,27H,6-8,10H2,1-3H3,(H,22,23)(H,24,28)/t11-,12-,15+,16+/m0/s1. The van der Waals surface area contributed by atoms with E-state index >= 15 is 0 Å². The molecule has 0 unspecified atom stereocenters. The molecule has 3 aromatic heterocycles. The highest BCUT2D eigenvalue weighted by atomic mass is 16.6. The molecule has 154 valence electrons. The van der Waals surface area contributed by atoms with Gasteiger partial charge in [0.25, 0.3) is 0 Å². The predicted molar refractivity (Wildman–Crippen MR) is 108 cm³/mol. The molecule has 0 aliphatic heterocycles. The lowest BCUT2D eigenvalue weighted by Crippen LogP contribution is -2.33. The van der Waals surface area contributed by atoms with Crippen molar-refractivity contribution < 1.29 is 14.6 Å². The van der Waals surface area contributed by atoms with Gasteiger partial charge in [0.1, 0.15) is 22.6 Å². The molecule has 0 radical (unpaired) electrons. The van der Waals surface area contributed by atoms with E-state index in [4.69, 9.17) is 9.72 Å². The zero-order valence-electron chi connectivity index (χ0n) is 17.0. The molecule has 2 saturated carbocycles. The van der Waals surface area contributed by atoms with Gasteiger partial charge in [0.2, 0.25) is 0 Å². The monoisotopic (exact) mass is 397 g/mol. The minimum atomic E-state index is -0.549. The highest BCUT2D eigenvalue weighted by Gasteiger charge is 2.47. The van der Waals surface area contributed by atoms with Gasteiger partial charge in [0.15, 0.2) is 0 Å². The van der Waals surface area contributed by atoms with E-state index in [0.29, 0.717) is 11.8 Å². The predicted octanol–water partition coefficient (Wildman–Crippen LogP) is 3.27. The van der Waals surface area contributed by atoms with Crippen molar-refractivity contribution in [3.8, 4) is 0 Å². The molecule has 3 aromatic rings. The zero-order chi connectivity index (χ0) is 20.3. The Hall–Kier alpha value is -2.61. The van der Waals surface area contributed by atoms with E-state index in [1.54, 1.807) is 6.20 Å². The van der Waals surface area contributed by atoms with Crippen molar-refractivity contribution in [1.82, 2.24) is 24.8 Å². The highest BCUT2D eigenvalue weighted by Crippen LogP contribution is 2.52. The number of fused-ring (bicyclic) bond motifs is 5. The average molecular weight is 397 g/mol. The van der Waals surface area contributed by atoms with E-state index < -0.39 is 11.7 Å². The number of H-pyrrole nitrogens is 1. The molecule has 29 heavy (non-hydrogen) atoms. The lowest BCUT2D eigenvalue weighted by atomic mass is 9.92. The third kappa shape index (κ3) is 3.15. The Morgan fingerprint density at radius 1 is 1.34 bits per heavy atom. The van der Waals surface area contributed by atoms with E-state index in [0.717, 1.165) is 47.2 Å². The minimum Gasteiger partial charge on any atom is -0.444 e. The topological polar surface area (TPSA) is 105 Å². The number of alkyl carbamates (subject to hydrolysis) is 1. The first-order chi connectivity index (χ1) is 13.8. The molecule has 1 amide bonds. The Morgan fingerprint density at radius 2 is 2.17 bits per heavy atom.